The minimum atomic E-state index is 0.124. The Morgan fingerprint density at radius 1 is 1.04 bits per heavy atom. The minimum Gasteiger partial charge on any atom is -0.340 e. The van der Waals surface area contributed by atoms with Crippen molar-refractivity contribution >= 4 is 5.91 Å². The van der Waals surface area contributed by atoms with Crippen LogP contribution >= 0.6 is 0 Å². The molecule has 0 unspecified atom stereocenters. The first-order chi connectivity index (χ1) is 10.9. The molecule has 0 N–H and O–H groups in total. The van der Waals surface area contributed by atoms with Gasteiger partial charge in [-0.3, -0.25) is 9.69 Å². The second-order valence-corrected chi connectivity index (χ2v) is 8.07. The highest BCUT2D eigenvalue weighted by Gasteiger charge is 2.31. The molecule has 0 aromatic heterocycles. The first-order valence-corrected chi connectivity index (χ1v) is 9.69. The zero-order valence-electron chi connectivity index (χ0n) is 15.9. The van der Waals surface area contributed by atoms with E-state index in [1.54, 1.807) is 0 Å². The normalized spacial score (nSPS) is 25.5. The molecule has 2 heterocycles. The molecule has 0 aliphatic carbocycles. The van der Waals surface area contributed by atoms with Crippen molar-refractivity contribution in [1.82, 2.24) is 14.7 Å². The fraction of sp³-hybridized carbons (Fsp3) is 0.947. The Labute approximate surface area is 143 Å². The number of amides is 1. The first-order valence-electron chi connectivity index (χ1n) is 9.69. The molecule has 134 valence electrons. The van der Waals surface area contributed by atoms with Crippen molar-refractivity contribution in [2.75, 3.05) is 39.3 Å². The second kappa shape index (κ2) is 8.48. The minimum absolute atomic E-state index is 0.124. The molecule has 0 spiro atoms. The van der Waals surface area contributed by atoms with Crippen LogP contribution in [0.15, 0.2) is 0 Å². The van der Waals surface area contributed by atoms with Crippen LogP contribution in [0.3, 0.4) is 0 Å². The number of nitrogens with zero attached hydrogens (tertiary/aromatic N) is 3. The zero-order chi connectivity index (χ0) is 17.0. The third kappa shape index (κ3) is 4.93. The summed E-state index contributed by atoms with van der Waals surface area (Å²) in [6.07, 6.45) is 3.81. The van der Waals surface area contributed by atoms with Crippen LogP contribution in [0.5, 0.6) is 0 Å². The standard InChI is InChI=1S/C19H37N3O/c1-6-18-14-22(19(23)15(2)3)12-11-21(18)13-17-7-9-20(10-8-17)16(4)5/h15-18H,6-14H2,1-5H3/t18-/m1/s1. The van der Waals surface area contributed by atoms with Gasteiger partial charge in [0.15, 0.2) is 0 Å². The maximum absolute atomic E-state index is 12.3. The molecule has 0 radical (unpaired) electrons. The lowest BCUT2D eigenvalue weighted by atomic mass is 9.94. The summed E-state index contributed by atoms with van der Waals surface area (Å²) in [4.78, 5) is 19.6. The predicted molar refractivity (Wildman–Crippen MR) is 96.5 cm³/mol. The number of carbonyl (C=O) groups is 1. The van der Waals surface area contributed by atoms with Gasteiger partial charge in [0, 0.05) is 44.2 Å². The van der Waals surface area contributed by atoms with Crippen molar-refractivity contribution in [2.45, 2.75) is 66.0 Å². The van der Waals surface area contributed by atoms with Crippen LogP contribution < -0.4 is 0 Å². The number of piperidine rings is 1. The molecule has 1 atom stereocenters. The Kier molecular flexibility index (Phi) is 6.90. The molecule has 1 amide bonds. The Morgan fingerprint density at radius 2 is 1.70 bits per heavy atom. The van der Waals surface area contributed by atoms with Gasteiger partial charge >= 0.3 is 0 Å². The van der Waals surface area contributed by atoms with Gasteiger partial charge in [-0.1, -0.05) is 20.8 Å². The van der Waals surface area contributed by atoms with E-state index in [-0.39, 0.29) is 5.92 Å². The number of hydrogen-bond acceptors (Lipinski definition) is 3. The molecule has 0 saturated carbocycles. The van der Waals surface area contributed by atoms with Crippen LogP contribution in [0.1, 0.15) is 53.9 Å². The highest BCUT2D eigenvalue weighted by molar-refractivity contribution is 5.78. The van der Waals surface area contributed by atoms with E-state index in [0.29, 0.717) is 18.0 Å². The van der Waals surface area contributed by atoms with Gasteiger partial charge < -0.3 is 9.80 Å². The average Bonchev–Trinajstić information content (AvgIpc) is 2.54. The molecule has 23 heavy (non-hydrogen) atoms. The quantitative estimate of drug-likeness (QED) is 0.778. The fourth-order valence-electron chi connectivity index (χ4n) is 4.07. The number of likely N-dealkylation sites (tertiary alicyclic amines) is 1. The van der Waals surface area contributed by atoms with Crippen molar-refractivity contribution < 1.29 is 4.79 Å². The summed E-state index contributed by atoms with van der Waals surface area (Å²) < 4.78 is 0. The van der Waals surface area contributed by atoms with E-state index in [4.69, 9.17) is 0 Å². The maximum Gasteiger partial charge on any atom is 0.225 e. The van der Waals surface area contributed by atoms with Crippen LogP contribution in [0, 0.1) is 11.8 Å². The molecule has 2 fully saturated rings. The highest BCUT2D eigenvalue weighted by atomic mass is 16.2. The van der Waals surface area contributed by atoms with Gasteiger partial charge in [0.2, 0.25) is 5.91 Å². The van der Waals surface area contributed by atoms with Crippen LogP contribution in [-0.4, -0.2) is 72.0 Å². The van der Waals surface area contributed by atoms with E-state index in [1.807, 2.05) is 13.8 Å². The van der Waals surface area contributed by atoms with Crippen molar-refractivity contribution in [3.05, 3.63) is 0 Å². The molecule has 0 aromatic carbocycles. The molecule has 4 heteroatoms. The maximum atomic E-state index is 12.3. The summed E-state index contributed by atoms with van der Waals surface area (Å²) in [5, 5.41) is 0. The van der Waals surface area contributed by atoms with Gasteiger partial charge in [0.1, 0.15) is 0 Å². The van der Waals surface area contributed by atoms with E-state index < -0.39 is 0 Å². The summed E-state index contributed by atoms with van der Waals surface area (Å²) in [6, 6.07) is 1.24. The summed E-state index contributed by atoms with van der Waals surface area (Å²) in [7, 11) is 0. The molecule has 2 rings (SSSR count). The van der Waals surface area contributed by atoms with E-state index >= 15 is 0 Å². The number of hydrogen-bond donors (Lipinski definition) is 0. The smallest absolute Gasteiger partial charge is 0.225 e. The largest absolute Gasteiger partial charge is 0.340 e. The summed E-state index contributed by atoms with van der Waals surface area (Å²) in [5.41, 5.74) is 0. The van der Waals surface area contributed by atoms with Gasteiger partial charge in [-0.05, 0) is 52.1 Å². The van der Waals surface area contributed by atoms with Crippen molar-refractivity contribution in [1.29, 1.82) is 0 Å². The Hall–Kier alpha value is -0.610. The second-order valence-electron chi connectivity index (χ2n) is 8.07. The molecule has 0 bridgehead atoms. The summed E-state index contributed by atoms with van der Waals surface area (Å²) in [6.45, 7) is 17.5. The fourth-order valence-corrected chi connectivity index (χ4v) is 4.07. The molecule has 2 saturated heterocycles. The number of piperazine rings is 1. The Morgan fingerprint density at radius 3 is 2.22 bits per heavy atom. The topological polar surface area (TPSA) is 26.8 Å². The van der Waals surface area contributed by atoms with E-state index in [9.17, 15) is 4.79 Å². The first kappa shape index (κ1) is 18.7. The van der Waals surface area contributed by atoms with Crippen LogP contribution in [0.4, 0.5) is 0 Å². The highest BCUT2D eigenvalue weighted by Crippen LogP contribution is 2.23. The molecule has 4 nitrogen and oxygen atoms in total. The van der Waals surface area contributed by atoms with Gasteiger partial charge in [0.25, 0.3) is 0 Å². The molecular weight excluding hydrogens is 286 g/mol. The lowest BCUT2D eigenvalue weighted by Gasteiger charge is -2.44. The van der Waals surface area contributed by atoms with Gasteiger partial charge in [-0.25, -0.2) is 0 Å². The van der Waals surface area contributed by atoms with Crippen LogP contribution in [0.2, 0.25) is 0 Å². The van der Waals surface area contributed by atoms with E-state index in [1.165, 1.54) is 32.5 Å². The summed E-state index contributed by atoms with van der Waals surface area (Å²) >= 11 is 0. The van der Waals surface area contributed by atoms with Crippen LogP contribution in [0.25, 0.3) is 0 Å². The van der Waals surface area contributed by atoms with E-state index in [0.717, 1.165) is 32.0 Å². The lowest BCUT2D eigenvalue weighted by Crippen LogP contribution is -2.56. The number of rotatable bonds is 5. The summed E-state index contributed by atoms with van der Waals surface area (Å²) in [5.74, 6) is 1.29. The molecule has 2 aliphatic heterocycles. The van der Waals surface area contributed by atoms with Gasteiger partial charge in [0.05, 0.1) is 0 Å². The van der Waals surface area contributed by atoms with Gasteiger partial charge in [-0.2, -0.15) is 0 Å². The third-order valence-electron chi connectivity index (χ3n) is 5.75. The molecule has 2 aliphatic rings. The predicted octanol–water partition coefficient (Wildman–Crippen LogP) is 2.69. The molecular formula is C19H37N3O. The lowest BCUT2D eigenvalue weighted by molar-refractivity contribution is -0.137. The number of carbonyl (C=O) groups excluding carboxylic acids is 1. The SMILES string of the molecule is CC[C@@H]1CN(C(=O)C(C)C)CCN1CC1CCN(C(C)C)CC1. The van der Waals surface area contributed by atoms with Gasteiger partial charge in [-0.15, -0.1) is 0 Å². The van der Waals surface area contributed by atoms with Crippen LogP contribution in [-0.2, 0) is 4.79 Å². The molecule has 0 aromatic rings. The van der Waals surface area contributed by atoms with Crippen molar-refractivity contribution in [3.8, 4) is 0 Å². The van der Waals surface area contributed by atoms with E-state index in [2.05, 4.69) is 35.5 Å². The van der Waals surface area contributed by atoms with Crippen molar-refractivity contribution in [3.63, 3.8) is 0 Å². The zero-order valence-corrected chi connectivity index (χ0v) is 15.9. The Bertz CT molecular complexity index is 375. The average molecular weight is 324 g/mol. The van der Waals surface area contributed by atoms with Crippen molar-refractivity contribution in [2.24, 2.45) is 11.8 Å². The monoisotopic (exact) mass is 323 g/mol. The Balaban J connectivity index is 1.83. The third-order valence-corrected chi connectivity index (χ3v) is 5.75.